The smallest absolute Gasteiger partial charge is 0.331 e. The van der Waals surface area contributed by atoms with Crippen LogP contribution < -0.4 is 5.73 Å². The van der Waals surface area contributed by atoms with Crippen molar-refractivity contribution < 1.29 is 14.3 Å². The molecule has 2 N–H and O–H groups in total. The first-order valence-corrected chi connectivity index (χ1v) is 7.83. The number of primary amides is 1. The van der Waals surface area contributed by atoms with E-state index in [-0.39, 0.29) is 5.92 Å². The van der Waals surface area contributed by atoms with Crippen LogP contribution in [-0.4, -0.2) is 18.5 Å². The van der Waals surface area contributed by atoms with E-state index in [1.165, 1.54) is 12.5 Å². The molecule has 0 saturated heterocycles. The zero-order valence-corrected chi connectivity index (χ0v) is 12.5. The first-order valence-electron chi connectivity index (χ1n) is 7.83. The minimum atomic E-state index is -0.486. The number of amides is 1. The van der Waals surface area contributed by atoms with Gasteiger partial charge in [-0.15, -0.1) is 0 Å². The van der Waals surface area contributed by atoms with Crippen molar-refractivity contribution in [3.8, 4) is 0 Å². The zero-order valence-electron chi connectivity index (χ0n) is 12.5. The number of nitrogens with two attached hydrogens (primary N) is 1. The van der Waals surface area contributed by atoms with Crippen LogP contribution >= 0.6 is 0 Å². The fourth-order valence-electron chi connectivity index (χ4n) is 2.67. The molecule has 0 radical (unpaired) electrons. The fraction of sp³-hybridized carbons (Fsp3) is 0.750. The summed E-state index contributed by atoms with van der Waals surface area (Å²) in [6.07, 6.45) is 10.9. The highest BCUT2D eigenvalue weighted by Gasteiger charge is 2.22. The molecule has 0 spiro atoms. The van der Waals surface area contributed by atoms with Crippen LogP contribution in [0.4, 0.5) is 0 Å². The number of ether oxygens (including phenoxy) is 1. The topological polar surface area (TPSA) is 69.4 Å². The van der Waals surface area contributed by atoms with Crippen LogP contribution in [0.15, 0.2) is 11.6 Å². The summed E-state index contributed by atoms with van der Waals surface area (Å²) in [5.74, 6) is -0.783. The highest BCUT2D eigenvalue weighted by molar-refractivity contribution is 5.98. The van der Waals surface area contributed by atoms with Crippen molar-refractivity contribution in [3.63, 3.8) is 0 Å². The van der Waals surface area contributed by atoms with E-state index < -0.39 is 11.9 Å². The molecular weight excluding hydrogens is 254 g/mol. The average Bonchev–Trinajstić information content (AvgIpc) is 2.45. The monoisotopic (exact) mass is 281 g/mol. The summed E-state index contributed by atoms with van der Waals surface area (Å²) in [7, 11) is 0. The molecule has 1 rings (SSSR count). The maximum absolute atomic E-state index is 11.7. The second kappa shape index (κ2) is 9.56. The molecule has 1 aliphatic rings. The van der Waals surface area contributed by atoms with Gasteiger partial charge in [0.15, 0.2) is 0 Å². The summed E-state index contributed by atoms with van der Waals surface area (Å²) in [5, 5.41) is 0. The van der Waals surface area contributed by atoms with Gasteiger partial charge in [0, 0.05) is 11.6 Å². The fourth-order valence-corrected chi connectivity index (χ4v) is 2.67. The molecule has 0 aromatic carbocycles. The normalized spacial score (nSPS) is 16.9. The lowest BCUT2D eigenvalue weighted by Gasteiger charge is -2.22. The molecule has 0 aliphatic heterocycles. The van der Waals surface area contributed by atoms with E-state index in [0.29, 0.717) is 12.2 Å². The van der Waals surface area contributed by atoms with Crippen LogP contribution in [0.1, 0.15) is 64.7 Å². The Hall–Kier alpha value is -1.32. The van der Waals surface area contributed by atoms with Crippen LogP contribution in [-0.2, 0) is 14.3 Å². The van der Waals surface area contributed by atoms with E-state index in [4.69, 9.17) is 10.5 Å². The van der Waals surface area contributed by atoms with Gasteiger partial charge < -0.3 is 10.5 Å². The molecule has 114 valence electrons. The minimum Gasteiger partial charge on any atom is -0.463 e. The SMILES string of the molecule is CCCCCCOC(=O)/C=C(\C(N)=O)C1CCCCC1. The zero-order chi connectivity index (χ0) is 14.8. The van der Waals surface area contributed by atoms with Gasteiger partial charge in [-0.2, -0.15) is 0 Å². The molecule has 0 unspecified atom stereocenters. The number of hydrogen-bond acceptors (Lipinski definition) is 3. The van der Waals surface area contributed by atoms with Crippen LogP contribution in [0.2, 0.25) is 0 Å². The Bertz CT molecular complexity index is 344. The first kappa shape index (κ1) is 16.7. The second-order valence-electron chi connectivity index (χ2n) is 5.53. The van der Waals surface area contributed by atoms with Crippen molar-refractivity contribution in [1.82, 2.24) is 0 Å². The molecule has 4 nitrogen and oxygen atoms in total. The molecule has 1 amide bonds. The minimum absolute atomic E-state index is 0.133. The summed E-state index contributed by atoms with van der Waals surface area (Å²) in [4.78, 5) is 23.2. The lowest BCUT2D eigenvalue weighted by molar-refractivity contribution is -0.138. The highest BCUT2D eigenvalue weighted by Crippen LogP contribution is 2.29. The van der Waals surface area contributed by atoms with Gasteiger partial charge >= 0.3 is 5.97 Å². The Morgan fingerprint density at radius 3 is 2.45 bits per heavy atom. The first-order chi connectivity index (χ1) is 9.65. The van der Waals surface area contributed by atoms with Gasteiger partial charge in [0.25, 0.3) is 0 Å². The lowest BCUT2D eigenvalue weighted by atomic mass is 9.83. The van der Waals surface area contributed by atoms with E-state index in [1.807, 2.05) is 0 Å². The number of unbranched alkanes of at least 4 members (excludes halogenated alkanes) is 3. The summed E-state index contributed by atoms with van der Waals surface area (Å²) in [6, 6.07) is 0. The maximum atomic E-state index is 11.7. The van der Waals surface area contributed by atoms with E-state index in [9.17, 15) is 9.59 Å². The van der Waals surface area contributed by atoms with Gasteiger partial charge in [0.05, 0.1) is 6.61 Å². The van der Waals surface area contributed by atoms with Crippen LogP contribution in [0.5, 0.6) is 0 Å². The van der Waals surface area contributed by atoms with Crippen molar-refractivity contribution in [1.29, 1.82) is 0 Å². The van der Waals surface area contributed by atoms with Crippen molar-refractivity contribution in [2.75, 3.05) is 6.61 Å². The molecule has 1 aliphatic carbocycles. The lowest BCUT2D eigenvalue weighted by Crippen LogP contribution is -2.23. The molecule has 20 heavy (non-hydrogen) atoms. The molecule has 0 atom stereocenters. The Morgan fingerprint density at radius 2 is 1.85 bits per heavy atom. The number of esters is 1. The third-order valence-electron chi connectivity index (χ3n) is 3.85. The third kappa shape index (κ3) is 6.22. The number of carbonyl (C=O) groups is 2. The molecule has 0 bridgehead atoms. The Kier molecular flexibility index (Phi) is 8.00. The summed E-state index contributed by atoms with van der Waals surface area (Å²) in [6.45, 7) is 2.56. The van der Waals surface area contributed by atoms with Crippen LogP contribution in [0.3, 0.4) is 0 Å². The molecule has 0 aromatic rings. The van der Waals surface area contributed by atoms with Gasteiger partial charge in [0.1, 0.15) is 0 Å². The third-order valence-corrected chi connectivity index (χ3v) is 3.85. The molecule has 1 saturated carbocycles. The van der Waals surface area contributed by atoms with Gasteiger partial charge in [-0.25, -0.2) is 4.79 Å². The quantitative estimate of drug-likeness (QED) is 0.422. The van der Waals surface area contributed by atoms with Crippen molar-refractivity contribution in [3.05, 3.63) is 11.6 Å². The van der Waals surface area contributed by atoms with E-state index >= 15 is 0 Å². The summed E-state index contributed by atoms with van der Waals surface area (Å²) in [5.41, 5.74) is 5.84. The standard InChI is InChI=1S/C16H27NO3/c1-2-3-4-8-11-20-15(18)12-14(16(17)19)13-9-6-5-7-10-13/h12-13H,2-11H2,1H3,(H2,17,19)/b14-12-. The Balaban J connectivity index is 2.44. The van der Waals surface area contributed by atoms with Crippen molar-refractivity contribution in [2.24, 2.45) is 11.7 Å². The predicted octanol–water partition coefficient (Wildman–Crippen LogP) is 3.10. The van der Waals surface area contributed by atoms with E-state index in [2.05, 4.69) is 6.92 Å². The number of carbonyl (C=O) groups excluding carboxylic acids is 2. The second-order valence-corrected chi connectivity index (χ2v) is 5.53. The maximum Gasteiger partial charge on any atom is 0.331 e. The van der Waals surface area contributed by atoms with Gasteiger partial charge in [-0.05, 0) is 25.2 Å². The summed E-state index contributed by atoms with van der Waals surface area (Å²) >= 11 is 0. The molecular formula is C16H27NO3. The van der Waals surface area contributed by atoms with E-state index in [1.54, 1.807) is 0 Å². The van der Waals surface area contributed by atoms with Crippen LogP contribution in [0, 0.1) is 5.92 Å². The number of rotatable bonds is 8. The Morgan fingerprint density at radius 1 is 1.15 bits per heavy atom. The van der Waals surface area contributed by atoms with Crippen molar-refractivity contribution >= 4 is 11.9 Å². The molecule has 1 fully saturated rings. The molecule has 0 aromatic heterocycles. The Labute approximate surface area is 121 Å². The largest absolute Gasteiger partial charge is 0.463 e. The highest BCUT2D eigenvalue weighted by atomic mass is 16.5. The molecule has 4 heteroatoms. The average molecular weight is 281 g/mol. The van der Waals surface area contributed by atoms with Gasteiger partial charge in [0.2, 0.25) is 5.91 Å². The van der Waals surface area contributed by atoms with E-state index in [0.717, 1.165) is 51.4 Å². The van der Waals surface area contributed by atoms with Gasteiger partial charge in [-0.3, -0.25) is 4.79 Å². The van der Waals surface area contributed by atoms with Crippen LogP contribution in [0.25, 0.3) is 0 Å². The molecule has 0 heterocycles. The predicted molar refractivity (Wildman–Crippen MR) is 79.0 cm³/mol. The van der Waals surface area contributed by atoms with Crippen molar-refractivity contribution in [2.45, 2.75) is 64.7 Å². The number of hydrogen-bond donors (Lipinski definition) is 1. The summed E-state index contributed by atoms with van der Waals surface area (Å²) < 4.78 is 5.14. The van der Waals surface area contributed by atoms with Gasteiger partial charge in [-0.1, -0.05) is 45.4 Å².